The highest BCUT2D eigenvalue weighted by Gasteiger charge is 2.32. The van der Waals surface area contributed by atoms with Crippen molar-refractivity contribution in [3.8, 4) is 0 Å². The van der Waals surface area contributed by atoms with Crippen LogP contribution in [0.4, 0.5) is 13.2 Å². The van der Waals surface area contributed by atoms with E-state index in [0.29, 0.717) is 0 Å². The van der Waals surface area contributed by atoms with E-state index in [4.69, 9.17) is 29.0 Å². The van der Waals surface area contributed by atoms with E-state index in [-0.39, 0.29) is 21.3 Å². The second-order valence-electron chi connectivity index (χ2n) is 2.94. The summed E-state index contributed by atoms with van der Waals surface area (Å²) in [6.07, 6.45) is -4.50. The quantitative estimate of drug-likeness (QED) is 0.638. The zero-order valence-corrected chi connectivity index (χ0v) is 9.34. The van der Waals surface area contributed by atoms with Gasteiger partial charge in [-0.2, -0.15) is 13.2 Å². The summed E-state index contributed by atoms with van der Waals surface area (Å²) in [6, 6.07) is 1.54. The van der Waals surface area contributed by atoms with E-state index in [9.17, 15) is 13.2 Å². The average molecular weight is 271 g/mol. The summed E-state index contributed by atoms with van der Waals surface area (Å²) in [6.45, 7) is 3.47. The molecule has 3 N–H and O–H groups in total. The van der Waals surface area contributed by atoms with Crippen LogP contribution in [0.15, 0.2) is 18.7 Å². The minimum atomic E-state index is -4.50. The highest BCUT2D eigenvalue weighted by Crippen LogP contribution is 2.37. The van der Waals surface area contributed by atoms with Crippen molar-refractivity contribution in [2.75, 3.05) is 0 Å². The van der Waals surface area contributed by atoms with Gasteiger partial charge in [0.2, 0.25) is 0 Å². The van der Waals surface area contributed by atoms with Crippen molar-refractivity contribution < 1.29 is 13.2 Å². The lowest BCUT2D eigenvalue weighted by Crippen LogP contribution is -2.19. The molecule has 0 fully saturated rings. The van der Waals surface area contributed by atoms with Crippen LogP contribution in [0.25, 0.3) is 5.70 Å². The fourth-order valence-electron chi connectivity index (χ4n) is 1.10. The Morgan fingerprint density at radius 2 is 1.69 bits per heavy atom. The first-order chi connectivity index (χ1) is 7.27. The topological polar surface area (TPSA) is 38.0 Å². The van der Waals surface area contributed by atoms with Gasteiger partial charge in [-0.05, 0) is 12.1 Å². The van der Waals surface area contributed by atoms with Gasteiger partial charge in [-0.25, -0.2) is 0 Å². The van der Waals surface area contributed by atoms with Crippen LogP contribution < -0.4 is 11.3 Å². The first-order valence-electron chi connectivity index (χ1n) is 3.99. The first kappa shape index (κ1) is 13.2. The van der Waals surface area contributed by atoms with Crippen LogP contribution in [0.5, 0.6) is 0 Å². The van der Waals surface area contributed by atoms with Crippen molar-refractivity contribution >= 4 is 28.9 Å². The van der Waals surface area contributed by atoms with Gasteiger partial charge in [-0.15, -0.1) is 0 Å². The molecule has 0 unspecified atom stereocenters. The number of hydrogen-bond acceptors (Lipinski definition) is 2. The fourth-order valence-corrected chi connectivity index (χ4v) is 1.81. The minimum absolute atomic E-state index is 0.142. The number of alkyl halides is 3. The molecular weight excluding hydrogens is 264 g/mol. The molecule has 0 aliphatic heterocycles. The summed E-state index contributed by atoms with van der Waals surface area (Å²) < 4.78 is 37.1. The summed E-state index contributed by atoms with van der Waals surface area (Å²) in [5, 5.41) is -0.328. The highest BCUT2D eigenvalue weighted by molar-refractivity contribution is 6.37. The van der Waals surface area contributed by atoms with Crippen molar-refractivity contribution in [3.63, 3.8) is 0 Å². The Balaban J connectivity index is 3.34. The lowest BCUT2D eigenvalue weighted by molar-refractivity contribution is -0.137. The smallest absolute Gasteiger partial charge is 0.324 e. The third-order valence-corrected chi connectivity index (χ3v) is 2.44. The highest BCUT2D eigenvalue weighted by atomic mass is 35.5. The largest absolute Gasteiger partial charge is 0.416 e. The molecule has 88 valence electrons. The number of benzene rings is 1. The first-order valence-corrected chi connectivity index (χ1v) is 4.75. The predicted molar refractivity (Wildman–Crippen MR) is 57.8 cm³/mol. The Morgan fingerprint density at radius 3 is 2.00 bits per heavy atom. The van der Waals surface area contributed by atoms with E-state index in [2.05, 4.69) is 12.0 Å². The molecule has 0 spiro atoms. The zero-order chi connectivity index (χ0) is 12.5. The maximum absolute atomic E-state index is 12.4. The van der Waals surface area contributed by atoms with Gasteiger partial charge < -0.3 is 5.43 Å². The van der Waals surface area contributed by atoms with Gasteiger partial charge in [0, 0.05) is 5.56 Å². The Hall–Kier alpha value is -0.910. The number of halogens is 5. The monoisotopic (exact) mass is 270 g/mol. The minimum Gasteiger partial charge on any atom is -0.324 e. The molecule has 0 heterocycles. The van der Waals surface area contributed by atoms with E-state index in [1.165, 1.54) is 0 Å². The maximum Gasteiger partial charge on any atom is 0.416 e. The van der Waals surface area contributed by atoms with Crippen LogP contribution in [-0.2, 0) is 6.18 Å². The van der Waals surface area contributed by atoms with Crippen LogP contribution in [0, 0.1) is 0 Å². The summed E-state index contributed by atoms with van der Waals surface area (Å²) >= 11 is 11.3. The molecule has 1 aromatic rings. The molecule has 0 saturated heterocycles. The standard InChI is InChI=1S/C9H7Cl2F3N2/c1-4(16-15)8-6(10)2-5(3-7(8)11)9(12,13)14/h2-3,16H,1,15H2. The van der Waals surface area contributed by atoms with Crippen molar-refractivity contribution in [2.45, 2.75) is 6.18 Å². The van der Waals surface area contributed by atoms with Crippen LogP contribution >= 0.6 is 23.2 Å². The molecule has 2 nitrogen and oxygen atoms in total. The molecule has 7 heteroatoms. The molecule has 0 radical (unpaired) electrons. The van der Waals surface area contributed by atoms with Gasteiger partial charge in [-0.3, -0.25) is 5.84 Å². The number of hydrazine groups is 1. The van der Waals surface area contributed by atoms with Crippen molar-refractivity contribution in [3.05, 3.63) is 39.9 Å². The Labute approximate surface area is 99.8 Å². The number of nitrogens with one attached hydrogen (secondary N) is 1. The average Bonchev–Trinajstić information content (AvgIpc) is 2.14. The van der Waals surface area contributed by atoms with Gasteiger partial charge in [0.05, 0.1) is 21.3 Å². The molecule has 0 saturated carbocycles. The number of rotatable bonds is 2. The SMILES string of the molecule is C=C(NN)c1c(Cl)cc(C(F)(F)F)cc1Cl. The Bertz CT molecular complexity index is 406. The van der Waals surface area contributed by atoms with E-state index < -0.39 is 11.7 Å². The molecule has 0 aliphatic rings. The molecule has 0 bridgehead atoms. The maximum atomic E-state index is 12.4. The molecule has 0 atom stereocenters. The van der Waals surface area contributed by atoms with Gasteiger partial charge in [0.15, 0.2) is 0 Å². The summed E-state index contributed by atoms with van der Waals surface area (Å²) in [5.74, 6) is 5.08. The molecule has 0 aromatic heterocycles. The molecule has 1 rings (SSSR count). The Morgan fingerprint density at radius 1 is 1.25 bits per heavy atom. The summed E-state index contributed by atoms with van der Waals surface area (Å²) in [4.78, 5) is 0. The fraction of sp³-hybridized carbons (Fsp3) is 0.111. The van der Waals surface area contributed by atoms with Crippen molar-refractivity contribution in [1.29, 1.82) is 0 Å². The van der Waals surface area contributed by atoms with E-state index in [1.54, 1.807) is 0 Å². The van der Waals surface area contributed by atoms with Gasteiger partial charge in [-0.1, -0.05) is 29.8 Å². The molecule has 0 amide bonds. The van der Waals surface area contributed by atoms with Gasteiger partial charge >= 0.3 is 6.18 Å². The van der Waals surface area contributed by atoms with E-state index in [1.807, 2.05) is 0 Å². The molecule has 0 aliphatic carbocycles. The Kier molecular flexibility index (Phi) is 3.72. The van der Waals surface area contributed by atoms with Crippen LogP contribution in [-0.4, -0.2) is 0 Å². The van der Waals surface area contributed by atoms with Crippen LogP contribution in [0.2, 0.25) is 10.0 Å². The second kappa shape index (κ2) is 4.53. The van der Waals surface area contributed by atoms with Crippen molar-refractivity contribution in [2.24, 2.45) is 5.84 Å². The predicted octanol–water partition coefficient (Wildman–Crippen LogP) is 3.45. The van der Waals surface area contributed by atoms with Gasteiger partial charge in [0.25, 0.3) is 0 Å². The van der Waals surface area contributed by atoms with E-state index in [0.717, 1.165) is 12.1 Å². The number of hydrogen-bond donors (Lipinski definition) is 2. The zero-order valence-electron chi connectivity index (χ0n) is 7.83. The molecule has 1 aromatic carbocycles. The number of nitrogens with two attached hydrogens (primary N) is 1. The lowest BCUT2D eigenvalue weighted by Gasteiger charge is -2.13. The van der Waals surface area contributed by atoms with Crippen molar-refractivity contribution in [1.82, 2.24) is 5.43 Å². The van der Waals surface area contributed by atoms with Crippen LogP contribution in [0.1, 0.15) is 11.1 Å². The lowest BCUT2D eigenvalue weighted by atomic mass is 10.1. The van der Waals surface area contributed by atoms with E-state index >= 15 is 0 Å². The summed E-state index contributed by atoms with van der Waals surface area (Å²) in [7, 11) is 0. The third kappa shape index (κ3) is 2.61. The molecular formula is C9H7Cl2F3N2. The normalized spacial score (nSPS) is 11.4. The van der Waals surface area contributed by atoms with Gasteiger partial charge in [0.1, 0.15) is 0 Å². The molecule has 16 heavy (non-hydrogen) atoms. The summed E-state index contributed by atoms with van der Waals surface area (Å²) in [5.41, 5.74) is 1.55. The second-order valence-corrected chi connectivity index (χ2v) is 3.75. The third-order valence-electron chi connectivity index (χ3n) is 1.85. The van der Waals surface area contributed by atoms with Crippen LogP contribution in [0.3, 0.4) is 0 Å².